The fourth-order valence-corrected chi connectivity index (χ4v) is 4.08. The molecule has 2 aromatic heterocycles. The fourth-order valence-electron chi connectivity index (χ4n) is 4.08. The number of ether oxygens (including phenoxy) is 1. The zero-order chi connectivity index (χ0) is 16.6. The topological polar surface area (TPSA) is 74.9 Å². The maximum atomic E-state index is 10.2. The number of aryl methyl sites for hydroxylation is 1. The summed E-state index contributed by atoms with van der Waals surface area (Å²) < 4.78 is 7.68. The molecular formula is C17H25N5O2. The number of hydrogen-bond donors (Lipinski definition) is 2. The number of rotatable bonds is 4. The van der Waals surface area contributed by atoms with E-state index in [0.29, 0.717) is 19.2 Å². The van der Waals surface area contributed by atoms with Crippen molar-refractivity contribution < 1.29 is 9.84 Å². The van der Waals surface area contributed by atoms with Crippen molar-refractivity contribution in [3.8, 4) is 0 Å². The van der Waals surface area contributed by atoms with E-state index in [0.717, 1.165) is 36.5 Å². The Hall–Kier alpha value is -1.70. The zero-order valence-electron chi connectivity index (χ0n) is 14.1. The number of nitrogens with one attached hydrogen (secondary N) is 1. The predicted molar refractivity (Wildman–Crippen MR) is 91.2 cm³/mol. The Balaban J connectivity index is 1.59. The van der Waals surface area contributed by atoms with Gasteiger partial charge in [-0.25, -0.2) is 9.50 Å². The molecular weight excluding hydrogens is 306 g/mol. The van der Waals surface area contributed by atoms with Gasteiger partial charge in [-0.05, 0) is 31.9 Å². The molecule has 4 heterocycles. The molecule has 0 saturated carbocycles. The summed E-state index contributed by atoms with van der Waals surface area (Å²) in [4.78, 5) is 6.94. The van der Waals surface area contributed by atoms with E-state index in [1.807, 2.05) is 23.8 Å². The van der Waals surface area contributed by atoms with E-state index in [1.54, 1.807) is 6.20 Å². The van der Waals surface area contributed by atoms with Crippen molar-refractivity contribution in [3.63, 3.8) is 0 Å². The number of morpholine rings is 1. The third-order valence-corrected chi connectivity index (χ3v) is 5.41. The molecule has 2 atom stereocenters. The van der Waals surface area contributed by atoms with Crippen LogP contribution in [0.4, 0.5) is 5.82 Å². The van der Waals surface area contributed by atoms with Crippen LogP contribution in [-0.2, 0) is 4.74 Å². The lowest BCUT2D eigenvalue weighted by Crippen LogP contribution is -2.67. The van der Waals surface area contributed by atoms with Crippen LogP contribution < -0.4 is 5.32 Å². The van der Waals surface area contributed by atoms with Gasteiger partial charge in [-0.3, -0.25) is 4.90 Å². The second kappa shape index (κ2) is 6.31. The lowest BCUT2D eigenvalue weighted by molar-refractivity contribution is -0.129. The molecule has 0 spiro atoms. The van der Waals surface area contributed by atoms with E-state index in [9.17, 15) is 5.11 Å². The molecule has 7 nitrogen and oxygen atoms in total. The van der Waals surface area contributed by atoms with Crippen molar-refractivity contribution in [2.75, 3.05) is 38.2 Å². The molecule has 2 N–H and O–H groups in total. The minimum Gasteiger partial charge on any atom is -0.394 e. The largest absolute Gasteiger partial charge is 0.394 e. The number of aliphatic hydroxyl groups is 1. The zero-order valence-corrected chi connectivity index (χ0v) is 14.1. The summed E-state index contributed by atoms with van der Waals surface area (Å²) in [7, 11) is 0. The predicted octanol–water partition coefficient (Wildman–Crippen LogP) is 1.07. The van der Waals surface area contributed by atoms with Gasteiger partial charge >= 0.3 is 0 Å². The van der Waals surface area contributed by atoms with Crippen molar-refractivity contribution >= 4 is 11.3 Å². The molecule has 0 aliphatic carbocycles. The normalized spacial score (nSPS) is 28.0. The molecule has 0 radical (unpaired) electrons. The van der Waals surface area contributed by atoms with Gasteiger partial charge in [0.25, 0.3) is 0 Å². The van der Waals surface area contributed by atoms with Crippen LogP contribution in [0.15, 0.2) is 18.6 Å². The summed E-state index contributed by atoms with van der Waals surface area (Å²) >= 11 is 0. The van der Waals surface area contributed by atoms with Crippen molar-refractivity contribution in [2.45, 2.75) is 37.8 Å². The van der Waals surface area contributed by atoms with E-state index in [4.69, 9.17) is 4.74 Å². The maximum absolute atomic E-state index is 10.2. The van der Waals surface area contributed by atoms with Crippen LogP contribution in [0.5, 0.6) is 0 Å². The summed E-state index contributed by atoms with van der Waals surface area (Å²) in [5, 5.41) is 18.0. The van der Waals surface area contributed by atoms with Gasteiger partial charge in [0.1, 0.15) is 5.52 Å². The number of piperidine rings is 1. The highest BCUT2D eigenvalue weighted by Gasteiger charge is 2.44. The smallest absolute Gasteiger partial charge is 0.152 e. The summed E-state index contributed by atoms with van der Waals surface area (Å²) in [6, 6.07) is 0.418. The van der Waals surface area contributed by atoms with Gasteiger partial charge in [0, 0.05) is 25.0 Å². The summed E-state index contributed by atoms with van der Waals surface area (Å²) in [5.41, 5.74) is 1.68. The highest BCUT2D eigenvalue weighted by molar-refractivity contribution is 5.71. The SMILES string of the molecule is Cc1cnn2ccnc(NCC3(CO)COCC4CCCCN43)c12. The van der Waals surface area contributed by atoms with Crippen molar-refractivity contribution in [2.24, 2.45) is 0 Å². The van der Waals surface area contributed by atoms with Crippen LogP contribution >= 0.6 is 0 Å². The molecule has 2 aliphatic rings. The standard InChI is InChI=1S/C17H25N5O2/c1-13-8-20-22-7-5-18-16(15(13)22)19-10-17(11-23)12-24-9-14-4-2-3-6-21(14)17/h5,7-8,14,23H,2-4,6,9-12H2,1H3,(H,18,19). The Bertz CT molecular complexity index is 716. The van der Waals surface area contributed by atoms with E-state index in [1.165, 1.54) is 12.8 Å². The highest BCUT2D eigenvalue weighted by Crippen LogP contribution is 2.31. The first-order valence-electron chi connectivity index (χ1n) is 8.72. The summed E-state index contributed by atoms with van der Waals surface area (Å²) in [5.74, 6) is 0.805. The van der Waals surface area contributed by atoms with Crippen LogP contribution in [0.25, 0.3) is 5.52 Å². The van der Waals surface area contributed by atoms with E-state index in [-0.39, 0.29) is 12.1 Å². The number of anilines is 1. The van der Waals surface area contributed by atoms with E-state index < -0.39 is 0 Å². The number of nitrogens with zero attached hydrogens (tertiary/aromatic N) is 4. The maximum Gasteiger partial charge on any atom is 0.152 e. The molecule has 2 aliphatic heterocycles. The molecule has 0 amide bonds. The third-order valence-electron chi connectivity index (χ3n) is 5.41. The lowest BCUT2D eigenvalue weighted by Gasteiger charge is -2.52. The Kier molecular flexibility index (Phi) is 4.15. The van der Waals surface area contributed by atoms with Crippen molar-refractivity contribution in [1.82, 2.24) is 19.5 Å². The van der Waals surface area contributed by atoms with E-state index >= 15 is 0 Å². The average molecular weight is 331 g/mol. The molecule has 7 heteroatoms. The van der Waals surface area contributed by atoms with Gasteiger partial charge in [-0.2, -0.15) is 5.10 Å². The molecule has 4 rings (SSSR count). The van der Waals surface area contributed by atoms with E-state index in [2.05, 4.69) is 20.3 Å². The number of hydrogen-bond acceptors (Lipinski definition) is 6. The lowest BCUT2D eigenvalue weighted by atomic mass is 9.89. The second-order valence-electron chi connectivity index (χ2n) is 6.99. The second-order valence-corrected chi connectivity index (χ2v) is 6.99. The van der Waals surface area contributed by atoms with Gasteiger partial charge < -0.3 is 15.2 Å². The number of fused-ring (bicyclic) bond motifs is 2. The van der Waals surface area contributed by atoms with Gasteiger partial charge in [0.2, 0.25) is 0 Å². The molecule has 2 aromatic rings. The summed E-state index contributed by atoms with van der Waals surface area (Å²) in [6.07, 6.45) is 9.02. The minimum absolute atomic E-state index is 0.0812. The number of aromatic nitrogens is 3. The Morgan fingerprint density at radius 2 is 2.38 bits per heavy atom. The van der Waals surface area contributed by atoms with Gasteiger partial charge in [-0.1, -0.05) is 6.42 Å². The van der Waals surface area contributed by atoms with Gasteiger partial charge in [0.15, 0.2) is 5.82 Å². The van der Waals surface area contributed by atoms with Crippen LogP contribution in [0.2, 0.25) is 0 Å². The fraction of sp³-hybridized carbons (Fsp3) is 0.647. The van der Waals surface area contributed by atoms with Crippen LogP contribution in [0.1, 0.15) is 24.8 Å². The number of aliphatic hydroxyl groups excluding tert-OH is 1. The monoisotopic (exact) mass is 331 g/mol. The first-order valence-corrected chi connectivity index (χ1v) is 8.72. The Morgan fingerprint density at radius 3 is 3.25 bits per heavy atom. The van der Waals surface area contributed by atoms with Crippen LogP contribution in [-0.4, -0.2) is 69.1 Å². The molecule has 2 saturated heterocycles. The quantitative estimate of drug-likeness (QED) is 0.873. The third kappa shape index (κ3) is 2.56. The first-order chi connectivity index (χ1) is 11.7. The van der Waals surface area contributed by atoms with Gasteiger partial charge in [0.05, 0.1) is 31.6 Å². The molecule has 24 heavy (non-hydrogen) atoms. The molecule has 0 aromatic carbocycles. The molecule has 130 valence electrons. The Labute approximate surface area is 141 Å². The molecule has 2 fully saturated rings. The minimum atomic E-state index is -0.383. The highest BCUT2D eigenvalue weighted by atomic mass is 16.5. The molecule has 2 unspecified atom stereocenters. The average Bonchev–Trinajstić information content (AvgIpc) is 3.02. The summed E-state index contributed by atoms with van der Waals surface area (Å²) in [6.45, 7) is 5.07. The Morgan fingerprint density at radius 1 is 1.46 bits per heavy atom. The van der Waals surface area contributed by atoms with Crippen molar-refractivity contribution in [1.29, 1.82) is 0 Å². The van der Waals surface area contributed by atoms with Crippen LogP contribution in [0.3, 0.4) is 0 Å². The van der Waals surface area contributed by atoms with Crippen LogP contribution in [0, 0.1) is 6.92 Å². The van der Waals surface area contributed by atoms with Crippen molar-refractivity contribution in [3.05, 3.63) is 24.2 Å². The van der Waals surface area contributed by atoms with Gasteiger partial charge in [-0.15, -0.1) is 0 Å². The first kappa shape index (κ1) is 15.8. The molecule has 0 bridgehead atoms.